The molecule has 0 aromatic heterocycles. The standard InChI is InChI=1S/2C42H34Si2.C26H20Si.C24H16Si/c1-7-20-35(21-8-1)43(36-22-9-2-10-23-36,37-24-11-3-12-25-37)41-32-19-33-42(34-41)44(38-26-13-4-14-27-38,39-28-15-5-16-29-39)40-30-17-6-18-31-40;1-7-19-35(20-8-1)43(36-21-9-2-10-22-36,37-23-11-3-12-24-37)41-31-33-42(34-32-41)44(38-25-13-4-14-26-38,39-27-15-5-16-28-39)40-29-17-6-18-30-40;1-5-13-23-19(9-1)17-20-10-2-6-14-24(20)27(23)25-15-7-3-11-21(25)18-22-12-4-8-16-26(22)27;1-5-13-21-17(9-1)18-10-2-6-14-22(18)25(21)23-15-7-3-11-19(23)20-12-4-8-16-24(20)25/h2*1-34H;1-16H,17-18H2;1-16H. The van der Waals surface area contributed by atoms with Crippen LogP contribution < -0.4 is 124 Å². The van der Waals surface area contributed by atoms with Gasteiger partial charge < -0.3 is 0 Å². The monoisotopic (exact) mass is 1880 g/mol. The van der Waals surface area contributed by atoms with Gasteiger partial charge in [-0.25, -0.2) is 0 Å². The molecule has 0 saturated carbocycles. The quantitative estimate of drug-likeness (QED) is 0.0668. The van der Waals surface area contributed by atoms with Gasteiger partial charge in [0, 0.05) is 0 Å². The Morgan fingerprint density at radius 3 is 0.421 bits per heavy atom. The van der Waals surface area contributed by atoms with Crippen LogP contribution >= 0.6 is 0 Å². The largest absolute Gasteiger partial charge is 0.182 e. The summed E-state index contributed by atoms with van der Waals surface area (Å²) >= 11 is 0. The van der Waals surface area contributed by atoms with Gasteiger partial charge in [0.25, 0.3) is 0 Å². The molecule has 6 heteroatoms. The molecule has 0 nitrogen and oxygen atoms in total. The van der Waals surface area contributed by atoms with Crippen LogP contribution in [0.25, 0.3) is 22.3 Å². The van der Waals surface area contributed by atoms with Gasteiger partial charge in [0.2, 0.25) is 0 Å². The lowest BCUT2D eigenvalue weighted by Crippen LogP contribution is -2.79. The van der Waals surface area contributed by atoms with Gasteiger partial charge in [-0.1, -0.05) is 607 Å². The van der Waals surface area contributed by atoms with Gasteiger partial charge in [-0.2, -0.15) is 0 Å². The molecule has 0 saturated heterocycles. The summed E-state index contributed by atoms with van der Waals surface area (Å²) in [7, 11) is -15.0. The maximum absolute atomic E-state index is 2.69. The topological polar surface area (TPSA) is 0 Å². The minimum Gasteiger partial charge on any atom is -0.0624 e. The fraction of sp³-hybridized carbons (Fsp3) is 0.0149. The molecule has 0 N–H and O–H groups in total. The molecule has 4 aliphatic rings. The highest BCUT2D eigenvalue weighted by molar-refractivity contribution is 7.25. The summed E-state index contributed by atoms with van der Waals surface area (Å²) in [6.07, 6.45) is 2.09. The molecule has 22 aromatic carbocycles. The number of fused-ring (bicyclic) bond motifs is 18. The molecule has 0 atom stereocenters. The second kappa shape index (κ2) is 38.6. The number of hydrogen-bond donors (Lipinski definition) is 0. The lowest BCUT2D eigenvalue weighted by Gasteiger charge is -2.44. The van der Waals surface area contributed by atoms with Crippen molar-refractivity contribution in [2.45, 2.75) is 12.8 Å². The van der Waals surface area contributed by atoms with Crippen molar-refractivity contribution in [2.75, 3.05) is 0 Å². The molecule has 0 unspecified atom stereocenters. The highest BCUT2D eigenvalue weighted by Crippen LogP contribution is 2.36. The lowest BCUT2D eigenvalue weighted by molar-refractivity contribution is 1.18. The predicted molar refractivity (Wildman–Crippen MR) is 611 cm³/mol. The third kappa shape index (κ3) is 14.8. The number of rotatable bonds is 16. The van der Waals surface area contributed by atoms with Crippen molar-refractivity contribution >= 4 is 173 Å². The Morgan fingerprint density at radius 1 is 0.107 bits per heavy atom. The molecule has 2 spiro atoms. The summed E-state index contributed by atoms with van der Waals surface area (Å²) in [5.41, 5.74) is 11.7. The molecule has 0 amide bonds. The maximum atomic E-state index is 2.58. The Kier molecular flexibility index (Phi) is 24.3. The lowest BCUT2D eigenvalue weighted by atomic mass is 10.0. The van der Waals surface area contributed by atoms with Gasteiger partial charge in [-0.05, 0) is 182 Å². The molecule has 0 fully saturated rings. The molecule has 26 rings (SSSR count). The molecule has 0 bridgehead atoms. The Morgan fingerprint density at radius 2 is 0.236 bits per heavy atom. The zero-order valence-corrected chi connectivity index (χ0v) is 84.1. The Labute approximate surface area is 830 Å². The van der Waals surface area contributed by atoms with Crippen LogP contribution in [0.1, 0.15) is 22.3 Å². The van der Waals surface area contributed by atoms with Crippen molar-refractivity contribution in [1.29, 1.82) is 0 Å². The van der Waals surface area contributed by atoms with E-state index in [2.05, 4.69) is 607 Å². The molecule has 4 heterocycles. The van der Waals surface area contributed by atoms with Crippen molar-refractivity contribution in [1.82, 2.24) is 0 Å². The van der Waals surface area contributed by atoms with Crippen molar-refractivity contribution in [3.8, 4) is 22.3 Å². The maximum Gasteiger partial charge on any atom is 0.182 e. The normalized spacial score (nSPS) is 12.9. The average molecular weight is 1880 g/mol. The van der Waals surface area contributed by atoms with Crippen LogP contribution in [-0.2, 0) is 12.8 Å². The van der Waals surface area contributed by atoms with E-state index in [1.54, 1.807) is 41.5 Å². The van der Waals surface area contributed by atoms with Gasteiger partial charge in [-0.15, -0.1) is 0 Å². The first-order valence-electron chi connectivity index (χ1n) is 49.1. The Hall–Kier alpha value is -15.9. The highest BCUT2D eigenvalue weighted by atomic mass is 28.3. The molecule has 0 aliphatic carbocycles. The fourth-order valence-electron chi connectivity index (χ4n) is 24.7. The predicted octanol–water partition coefficient (Wildman–Crippen LogP) is 14.8. The number of benzene rings is 22. The highest BCUT2D eigenvalue weighted by Gasteiger charge is 2.55. The van der Waals surface area contributed by atoms with Gasteiger partial charge >= 0.3 is 0 Å². The molecule has 4 aliphatic heterocycles. The van der Waals surface area contributed by atoms with E-state index < -0.39 is 48.4 Å². The van der Waals surface area contributed by atoms with E-state index in [1.165, 1.54) is 127 Å². The van der Waals surface area contributed by atoms with Crippen molar-refractivity contribution in [3.63, 3.8) is 0 Å². The summed E-state index contributed by atoms with van der Waals surface area (Å²) in [4.78, 5) is 0. The third-order valence-corrected chi connectivity index (χ3v) is 59.6. The third-order valence-electron chi connectivity index (χ3n) is 30.3. The zero-order valence-electron chi connectivity index (χ0n) is 78.1. The van der Waals surface area contributed by atoms with Gasteiger partial charge in [0.05, 0.1) is 0 Å². The zero-order chi connectivity index (χ0) is 93.6. The van der Waals surface area contributed by atoms with E-state index in [-0.39, 0.29) is 0 Å². The summed E-state index contributed by atoms with van der Waals surface area (Å²) < 4.78 is 0. The van der Waals surface area contributed by atoms with Gasteiger partial charge in [0.15, 0.2) is 48.4 Å². The van der Waals surface area contributed by atoms with E-state index >= 15 is 0 Å². The number of hydrogen-bond acceptors (Lipinski definition) is 0. The second-order valence-corrected chi connectivity index (χ2v) is 59.8. The molecular weight excluding hydrogens is 1780 g/mol. The van der Waals surface area contributed by atoms with Crippen LogP contribution in [0, 0.1) is 0 Å². The van der Waals surface area contributed by atoms with Crippen LogP contribution in [0.3, 0.4) is 0 Å². The molecule has 664 valence electrons. The fourth-order valence-corrected chi connectivity index (χ4v) is 55.3. The molecule has 140 heavy (non-hydrogen) atoms. The van der Waals surface area contributed by atoms with Gasteiger partial charge in [0.1, 0.15) is 0 Å². The van der Waals surface area contributed by atoms with Crippen LogP contribution in [0.4, 0.5) is 0 Å². The van der Waals surface area contributed by atoms with Crippen molar-refractivity contribution in [3.05, 3.63) is 629 Å². The Bertz CT molecular complexity index is 7010. The summed E-state index contributed by atoms with van der Waals surface area (Å²) in [5.74, 6) is 0. The van der Waals surface area contributed by atoms with Crippen LogP contribution in [-0.4, -0.2) is 48.4 Å². The van der Waals surface area contributed by atoms with Crippen LogP contribution in [0.5, 0.6) is 0 Å². The second-order valence-electron chi connectivity index (χ2n) is 37.2. The minimum atomic E-state index is -2.69. The first-order chi connectivity index (χ1) is 69.5. The van der Waals surface area contributed by atoms with E-state index in [9.17, 15) is 0 Å². The van der Waals surface area contributed by atoms with Crippen LogP contribution in [0.2, 0.25) is 0 Å². The smallest absolute Gasteiger partial charge is 0.0624 e. The summed E-state index contributed by atoms with van der Waals surface area (Å²) in [6.45, 7) is 0. The average Bonchev–Trinajstić information content (AvgIpc) is 0.968. The van der Waals surface area contributed by atoms with E-state index in [4.69, 9.17) is 0 Å². The van der Waals surface area contributed by atoms with Crippen molar-refractivity contribution < 1.29 is 0 Å². The minimum absolute atomic E-state index is 1.05. The molecular formula is C134H104Si6. The van der Waals surface area contributed by atoms with Gasteiger partial charge in [-0.3, -0.25) is 0 Å². The van der Waals surface area contributed by atoms with E-state index in [0.717, 1.165) is 12.8 Å². The van der Waals surface area contributed by atoms with E-state index in [1.807, 2.05) is 0 Å². The summed E-state index contributed by atoms with van der Waals surface area (Å²) in [6, 6.07) is 227. The summed E-state index contributed by atoms with van der Waals surface area (Å²) in [5, 5.41) is 34.8. The first kappa shape index (κ1) is 88.1. The SMILES string of the molecule is c1ccc([Si](c2ccccc2)(c2ccccc2)c2ccc([Si](c3ccccc3)(c3ccccc3)c3ccccc3)cc2)cc1.c1ccc([Si](c2ccccc2)(c2ccccc2)c2cccc([Si](c3ccccc3)(c3ccccc3)c3ccccc3)c2)cc1.c1ccc2c(c1)-c1ccccc1[Si]21c2ccccc2-c2ccccc21.c1ccc2c(c1)Cc1ccccc1[Si]21c2ccccc2Cc2ccccc21. The van der Waals surface area contributed by atoms with Crippen molar-refractivity contribution in [2.24, 2.45) is 0 Å². The van der Waals surface area contributed by atoms with E-state index in [0.29, 0.717) is 0 Å². The van der Waals surface area contributed by atoms with Crippen LogP contribution in [0.15, 0.2) is 607 Å². The Balaban J connectivity index is 0.000000107. The molecule has 22 aromatic rings. The molecule has 0 radical (unpaired) electrons. The first-order valence-corrected chi connectivity index (χ1v) is 61.1.